The predicted molar refractivity (Wildman–Crippen MR) is 350 cm³/mol. The van der Waals surface area contributed by atoms with E-state index in [-0.39, 0.29) is 78.4 Å². The van der Waals surface area contributed by atoms with Crippen LogP contribution in [-0.4, -0.2) is 193 Å². The number of nitrogens with zero attached hydrogens (tertiary/aromatic N) is 12. The van der Waals surface area contributed by atoms with Crippen LogP contribution in [0.3, 0.4) is 0 Å². The Kier molecular flexibility index (Phi) is 30.0. The van der Waals surface area contributed by atoms with Gasteiger partial charge in [0.2, 0.25) is 47.2 Å². The van der Waals surface area contributed by atoms with Gasteiger partial charge in [-0.15, -0.1) is 0 Å². The van der Waals surface area contributed by atoms with Gasteiger partial charge < -0.3 is 107 Å². The number of aromatic nitrogens is 4. The molecule has 4 aromatic rings. The number of hydrogen-bond donors (Lipinski definition) is 0. The van der Waals surface area contributed by atoms with Crippen molar-refractivity contribution in [1.82, 2.24) is 19.9 Å². The molecule has 8 aliphatic heterocycles. The number of aliphatic imine (C=N–C) groups is 8. The molecule has 0 spiro atoms. The van der Waals surface area contributed by atoms with E-state index in [1.807, 2.05) is 184 Å². The number of rotatable bonds is 8. The van der Waals surface area contributed by atoms with Crippen molar-refractivity contribution < 1.29 is 141 Å². The number of pyridine rings is 4. The third-order valence-electron chi connectivity index (χ3n) is 12.5. The van der Waals surface area contributed by atoms with E-state index in [4.69, 9.17) is 37.9 Å². The van der Waals surface area contributed by atoms with Gasteiger partial charge in [-0.2, -0.15) is 0 Å². The van der Waals surface area contributed by atoms with Crippen molar-refractivity contribution in [1.29, 1.82) is 0 Å². The van der Waals surface area contributed by atoms with Crippen LogP contribution in [0.25, 0.3) is 0 Å². The second-order valence-electron chi connectivity index (χ2n) is 27.8. The van der Waals surface area contributed by atoms with E-state index in [0.29, 0.717) is 100 Å². The summed E-state index contributed by atoms with van der Waals surface area (Å²) in [5, 5.41) is 0. The number of hydrogen-bond acceptors (Lipinski definition) is 20. The van der Waals surface area contributed by atoms with Crippen LogP contribution in [0.2, 0.25) is 0 Å². The molecule has 12 heterocycles. The van der Waals surface area contributed by atoms with Crippen LogP contribution < -0.4 is 0 Å². The number of halogens is 16. The van der Waals surface area contributed by atoms with Crippen molar-refractivity contribution in [2.75, 3.05) is 52.9 Å². The molecule has 564 valence electrons. The zero-order chi connectivity index (χ0) is 75.5. The summed E-state index contributed by atoms with van der Waals surface area (Å²) in [6.07, 6.45) is 0. The minimum atomic E-state index is -6.00. The van der Waals surface area contributed by atoms with Gasteiger partial charge in [0.15, 0.2) is 0 Å². The monoisotopic (exact) mass is 1550 g/mol. The molecule has 0 radical (unpaired) electrons. The molecule has 0 saturated carbocycles. The Morgan fingerprint density at radius 2 is 0.304 bits per heavy atom. The summed E-state index contributed by atoms with van der Waals surface area (Å²) in [6.45, 7) is 37.3. The van der Waals surface area contributed by atoms with Crippen molar-refractivity contribution in [2.24, 2.45) is 39.9 Å². The zero-order valence-corrected chi connectivity index (χ0v) is 60.5. The topological polar surface area (TPSA) is 224 Å². The van der Waals surface area contributed by atoms with E-state index in [2.05, 4.69) is 59.9 Å². The molecule has 12 rings (SSSR count). The van der Waals surface area contributed by atoms with Gasteiger partial charge in [0.1, 0.15) is 98.4 Å². The molecule has 8 aliphatic rings. The average Bonchev–Trinajstić information content (AvgIpc) is 1.67. The fourth-order valence-corrected chi connectivity index (χ4v) is 8.42. The van der Waals surface area contributed by atoms with Crippen molar-refractivity contribution in [3.8, 4) is 0 Å². The molecule has 20 nitrogen and oxygen atoms in total. The van der Waals surface area contributed by atoms with Crippen LogP contribution in [0, 0.1) is 0 Å². The summed E-state index contributed by atoms with van der Waals surface area (Å²) >= 11 is 0. The first kappa shape index (κ1) is 88.8. The Morgan fingerprint density at radius 3 is 0.373 bits per heavy atom. The maximum atomic E-state index is 9.75. The second kappa shape index (κ2) is 34.4. The predicted octanol–water partition coefficient (Wildman–Crippen LogP) is 14.0. The summed E-state index contributed by atoms with van der Waals surface area (Å²) in [4.78, 5) is 54.5. The molecule has 102 heavy (non-hydrogen) atoms. The first-order valence-corrected chi connectivity index (χ1v) is 30.6. The summed E-state index contributed by atoms with van der Waals surface area (Å²) in [6, 6.07) is 22.8. The molecule has 0 atom stereocenters. The van der Waals surface area contributed by atoms with Gasteiger partial charge in [-0.05, 0) is 159 Å². The fourth-order valence-electron chi connectivity index (χ4n) is 8.42. The van der Waals surface area contributed by atoms with E-state index in [9.17, 15) is 69.1 Å². The van der Waals surface area contributed by atoms with Crippen LogP contribution in [0.15, 0.2) is 113 Å². The van der Waals surface area contributed by atoms with E-state index >= 15 is 0 Å². The van der Waals surface area contributed by atoms with E-state index in [1.165, 1.54) is 0 Å². The maximum Gasteiger partial charge on any atom is 2.00 e. The van der Waals surface area contributed by atoms with Gasteiger partial charge in [0.25, 0.3) is 0 Å². The summed E-state index contributed by atoms with van der Waals surface area (Å²) in [5.74, 6) is 4.74. The quantitative estimate of drug-likeness (QED) is 0.119. The van der Waals surface area contributed by atoms with Crippen molar-refractivity contribution in [2.45, 2.75) is 155 Å². The molecule has 0 saturated heterocycles. The SMILES string of the molecule is CC1(C)COC(c2cccc(C3=NC(C)(C)CO3)n2)=N1.CC1(C)COC(c2cccc(C3=NC(C)(C)CO3)n2)=N1.CC1(C)COC(c2cccc(C3=NC(C)(C)CO3)n2)=N1.CC1(C)COC(c2cccc(C3=NC(C)(C)CO3)n2)=N1.F[B-](F)(F)F.F[B-](F)(F)F.F[B-](F)(F)F.F[B-](F)(F)F.[Fe+2].[Fe+2]. The van der Waals surface area contributed by atoms with Crippen molar-refractivity contribution in [3.63, 3.8) is 0 Å². The summed E-state index contributed by atoms with van der Waals surface area (Å²) in [7, 11) is -24.0. The molecule has 42 heteroatoms. The van der Waals surface area contributed by atoms with Gasteiger partial charge in [0, 0.05) is 0 Å². The Morgan fingerprint density at radius 1 is 0.216 bits per heavy atom. The molecule has 0 aromatic carbocycles. The Balaban J connectivity index is 0.000000322. The van der Waals surface area contributed by atoms with Crippen LogP contribution in [0.1, 0.15) is 156 Å². The van der Waals surface area contributed by atoms with Crippen LogP contribution >= 0.6 is 0 Å². The molecule has 0 aliphatic carbocycles. The fraction of sp³-hybridized carbons (Fsp3) is 0.533. The largest absolute Gasteiger partial charge is 2.00 e. The normalized spacial score (nSPS) is 20.2. The van der Waals surface area contributed by atoms with E-state index in [1.54, 1.807) is 0 Å². The number of ether oxygens (including phenoxy) is 8. The standard InChI is InChI=1S/4C15H19N3O2.4BF4.2Fe/c4*1-14(2)8-19-12(17-14)10-6-5-7-11(16-10)13-18-15(3,4)9-20-13;4*2-1(3,4)5;;/h4*5-7H,8-9H2,1-4H3;;;;;;/q;;;;4*-1;2*+2. The Labute approximate surface area is 600 Å². The van der Waals surface area contributed by atoms with Crippen molar-refractivity contribution in [3.05, 3.63) is 118 Å². The van der Waals surface area contributed by atoms with Gasteiger partial charge in [0.05, 0.1) is 44.3 Å². The Hall–Kier alpha value is -7.46. The Bertz CT molecular complexity index is 3080. The van der Waals surface area contributed by atoms with Crippen LogP contribution in [-0.2, 0) is 72.0 Å². The minimum absolute atomic E-state index is 0. The smallest absolute Gasteiger partial charge is 0.474 e. The summed E-state index contributed by atoms with van der Waals surface area (Å²) in [5.41, 5.74) is 4.33. The third-order valence-corrected chi connectivity index (χ3v) is 12.5. The van der Waals surface area contributed by atoms with Gasteiger partial charge in [-0.3, -0.25) is 0 Å². The third kappa shape index (κ3) is 33.3. The van der Waals surface area contributed by atoms with Crippen LogP contribution in [0.4, 0.5) is 69.1 Å². The molecular formula is C60H76B4F16Fe2N12O8. The molecule has 0 amide bonds. The molecule has 0 unspecified atom stereocenters. The average molecular weight is 1550 g/mol. The van der Waals surface area contributed by atoms with Gasteiger partial charge in [-0.25, -0.2) is 59.9 Å². The van der Waals surface area contributed by atoms with E-state index < -0.39 is 29.0 Å². The molecular weight excluding hydrogens is 1480 g/mol. The second-order valence-corrected chi connectivity index (χ2v) is 27.8. The first-order valence-electron chi connectivity index (χ1n) is 30.6. The molecule has 0 N–H and O–H groups in total. The molecule has 0 bridgehead atoms. The van der Waals surface area contributed by atoms with E-state index in [0.717, 1.165) is 45.6 Å². The summed E-state index contributed by atoms with van der Waals surface area (Å²) < 4.78 is 201. The first-order chi connectivity index (χ1) is 45.4. The van der Waals surface area contributed by atoms with Gasteiger partial charge in [-0.1, -0.05) is 24.3 Å². The van der Waals surface area contributed by atoms with Crippen molar-refractivity contribution >= 4 is 76.2 Å². The minimum Gasteiger partial charge on any atom is -0.474 e. The molecule has 4 aromatic heterocycles. The van der Waals surface area contributed by atoms with Crippen LogP contribution in [0.5, 0.6) is 0 Å². The maximum absolute atomic E-state index is 9.75. The molecule has 0 fully saturated rings. The zero-order valence-electron chi connectivity index (χ0n) is 58.3. The van der Waals surface area contributed by atoms with Gasteiger partial charge >= 0.3 is 63.2 Å².